The fourth-order valence-electron chi connectivity index (χ4n) is 7.88. The molecule has 1 aliphatic carbocycles. The van der Waals surface area contributed by atoms with E-state index in [4.69, 9.17) is 26.4 Å². The Balaban J connectivity index is 1.12. The summed E-state index contributed by atoms with van der Waals surface area (Å²) in [5.74, 6) is -0.0181. The van der Waals surface area contributed by atoms with Crippen LogP contribution in [0.15, 0.2) is 48.5 Å². The molecular formula is C40H44ClN5O4S. The van der Waals surface area contributed by atoms with Crippen LogP contribution in [0.3, 0.4) is 0 Å². The Kier molecular flexibility index (Phi) is 8.73. The summed E-state index contributed by atoms with van der Waals surface area (Å²) < 4.78 is 9.09. The molecule has 51 heavy (non-hydrogen) atoms. The Labute approximate surface area is 307 Å². The molecule has 3 aliphatic rings. The number of carboxylic acids is 1. The molecule has 1 amide bonds. The predicted octanol–water partition coefficient (Wildman–Crippen LogP) is 8.22. The Bertz CT molecular complexity index is 2150. The third-order valence-electron chi connectivity index (χ3n) is 10.7. The van der Waals surface area contributed by atoms with Crippen LogP contribution in [0.4, 0.5) is 0 Å². The summed E-state index contributed by atoms with van der Waals surface area (Å²) in [5.41, 5.74) is 6.48. The third kappa shape index (κ3) is 6.56. The van der Waals surface area contributed by atoms with Gasteiger partial charge >= 0.3 is 5.97 Å². The highest BCUT2D eigenvalue weighted by atomic mass is 35.5. The van der Waals surface area contributed by atoms with Gasteiger partial charge in [-0.15, -0.1) is 11.3 Å². The van der Waals surface area contributed by atoms with Gasteiger partial charge in [0.15, 0.2) is 6.10 Å². The monoisotopic (exact) mass is 725 g/mol. The number of aromatic nitrogens is 3. The maximum Gasteiger partial charge on any atom is 0.337 e. The molecule has 8 rings (SSSR count). The van der Waals surface area contributed by atoms with Crippen LogP contribution in [-0.2, 0) is 21.4 Å². The van der Waals surface area contributed by atoms with E-state index in [0.717, 1.165) is 106 Å². The summed E-state index contributed by atoms with van der Waals surface area (Å²) in [5, 5.41) is 18.1. The van der Waals surface area contributed by atoms with Crippen molar-refractivity contribution in [1.29, 1.82) is 0 Å². The number of amides is 1. The van der Waals surface area contributed by atoms with Crippen molar-refractivity contribution in [3.8, 4) is 21.7 Å². The second-order valence-corrected chi connectivity index (χ2v) is 17.0. The number of rotatable bonds is 8. The summed E-state index contributed by atoms with van der Waals surface area (Å²) in [6, 6.07) is 16.5. The number of fused-ring (bicyclic) bond motifs is 2. The molecule has 0 bridgehead atoms. The molecule has 2 aromatic heterocycles. The minimum atomic E-state index is -1.17. The average Bonchev–Trinajstić information content (AvgIpc) is 3.76. The van der Waals surface area contributed by atoms with E-state index in [1.807, 2.05) is 69.8 Å². The first-order valence-electron chi connectivity index (χ1n) is 17.9. The first kappa shape index (κ1) is 34.3. The maximum absolute atomic E-state index is 12.8. The number of aryl methyl sites for hydroxylation is 2. The molecule has 4 heterocycles. The molecule has 2 aliphatic heterocycles. The molecule has 0 spiro atoms. The molecule has 3 fully saturated rings. The van der Waals surface area contributed by atoms with Crippen LogP contribution in [0.5, 0.6) is 0 Å². The van der Waals surface area contributed by atoms with Crippen LogP contribution < -0.4 is 0 Å². The van der Waals surface area contributed by atoms with E-state index in [1.165, 1.54) is 0 Å². The summed E-state index contributed by atoms with van der Waals surface area (Å²) in [6.07, 6.45) is 3.04. The van der Waals surface area contributed by atoms with Crippen molar-refractivity contribution in [2.75, 3.05) is 26.2 Å². The molecule has 1 saturated carbocycles. The van der Waals surface area contributed by atoms with Gasteiger partial charge in [-0.1, -0.05) is 23.7 Å². The summed E-state index contributed by atoms with van der Waals surface area (Å²) in [6.45, 7) is 11.3. The second-order valence-electron chi connectivity index (χ2n) is 15.5. The van der Waals surface area contributed by atoms with Crippen molar-refractivity contribution in [2.45, 2.75) is 77.0 Å². The van der Waals surface area contributed by atoms with Gasteiger partial charge in [0.2, 0.25) is 5.91 Å². The SMILES string of the molecule is Cc1cc2nc(-c3ccc4c(c3)c(C3CCN(C5CN(C(=O)C6CC6)C5)CC3)nn4C)sc2c(-c2ccc(Cl)cc2)c1[C@H](OC(C)(C)C)C(=O)O. The smallest absolute Gasteiger partial charge is 0.337 e. The number of aliphatic carboxylic acids is 1. The van der Waals surface area contributed by atoms with Crippen LogP contribution >= 0.6 is 22.9 Å². The molecular weight excluding hydrogens is 682 g/mol. The first-order chi connectivity index (χ1) is 24.3. The van der Waals surface area contributed by atoms with E-state index < -0.39 is 17.7 Å². The van der Waals surface area contributed by atoms with Gasteiger partial charge in [0.25, 0.3) is 0 Å². The fourth-order valence-corrected chi connectivity index (χ4v) is 9.13. The highest BCUT2D eigenvalue weighted by Crippen LogP contribution is 2.45. The minimum absolute atomic E-state index is 0.297. The number of nitrogens with zero attached hydrogens (tertiary/aromatic N) is 5. The maximum atomic E-state index is 12.8. The lowest BCUT2D eigenvalue weighted by atomic mass is 9.89. The van der Waals surface area contributed by atoms with E-state index in [0.29, 0.717) is 34.4 Å². The van der Waals surface area contributed by atoms with Gasteiger partial charge in [-0.3, -0.25) is 14.4 Å². The molecule has 3 aromatic carbocycles. The van der Waals surface area contributed by atoms with Gasteiger partial charge < -0.3 is 14.7 Å². The Hall–Kier alpha value is -3.83. The third-order valence-corrected chi connectivity index (χ3v) is 12.1. The molecule has 266 valence electrons. The van der Waals surface area contributed by atoms with E-state index in [1.54, 1.807) is 11.3 Å². The Morgan fingerprint density at radius 2 is 1.69 bits per heavy atom. The predicted molar refractivity (Wildman–Crippen MR) is 202 cm³/mol. The molecule has 9 nitrogen and oxygen atoms in total. The lowest BCUT2D eigenvalue weighted by molar-refractivity contribution is -0.160. The fraction of sp³-hybridized carbons (Fsp3) is 0.450. The summed E-state index contributed by atoms with van der Waals surface area (Å²) in [4.78, 5) is 35.0. The average molecular weight is 726 g/mol. The minimum Gasteiger partial charge on any atom is -0.479 e. The standard InChI is InChI=1S/C40H44ClN5O4S/c1-22-18-30-36(33(23-8-11-27(41)12-9-23)32(22)35(39(48)49)50-40(2,3)4)51-37(42-30)26-10-13-31-29(19-26)34(43-44(31)5)24-14-16-45(17-15-24)28-20-46(21-28)38(47)25-6-7-25/h8-13,18-19,24-25,28,35H,6-7,14-17,20-21H2,1-5H3,(H,48,49)/t35-/m0/s1. The zero-order valence-corrected chi connectivity index (χ0v) is 31.4. The molecule has 2 saturated heterocycles. The molecule has 1 N–H and O–H groups in total. The van der Waals surface area contributed by atoms with Gasteiger partial charge in [-0.2, -0.15) is 5.10 Å². The van der Waals surface area contributed by atoms with Gasteiger partial charge in [0, 0.05) is 65.1 Å². The van der Waals surface area contributed by atoms with Gasteiger partial charge in [-0.05, 0) is 114 Å². The normalized spacial score (nSPS) is 18.4. The largest absolute Gasteiger partial charge is 0.479 e. The van der Waals surface area contributed by atoms with Crippen molar-refractivity contribution in [3.63, 3.8) is 0 Å². The van der Waals surface area contributed by atoms with E-state index in [9.17, 15) is 14.7 Å². The van der Waals surface area contributed by atoms with Crippen LogP contribution in [0.25, 0.3) is 42.8 Å². The van der Waals surface area contributed by atoms with Crippen molar-refractivity contribution >= 4 is 55.9 Å². The quantitative estimate of drug-likeness (QED) is 0.172. The molecule has 0 radical (unpaired) electrons. The Morgan fingerprint density at radius 3 is 2.33 bits per heavy atom. The lowest BCUT2D eigenvalue weighted by Crippen LogP contribution is -2.62. The van der Waals surface area contributed by atoms with Crippen molar-refractivity contribution in [1.82, 2.24) is 24.6 Å². The van der Waals surface area contributed by atoms with Crippen molar-refractivity contribution in [2.24, 2.45) is 13.0 Å². The Morgan fingerprint density at radius 1 is 1.00 bits per heavy atom. The van der Waals surface area contributed by atoms with Gasteiger partial charge in [0.05, 0.1) is 27.0 Å². The zero-order valence-electron chi connectivity index (χ0n) is 29.8. The first-order valence-corrected chi connectivity index (χ1v) is 19.1. The number of piperidine rings is 1. The molecule has 11 heteroatoms. The van der Waals surface area contributed by atoms with E-state index in [2.05, 4.69) is 28.0 Å². The van der Waals surface area contributed by atoms with Gasteiger partial charge in [0.1, 0.15) is 5.01 Å². The number of carbonyl (C=O) groups excluding carboxylic acids is 1. The molecule has 0 unspecified atom stereocenters. The molecule has 1 atom stereocenters. The van der Waals surface area contributed by atoms with Crippen LogP contribution in [0.1, 0.15) is 75.3 Å². The van der Waals surface area contributed by atoms with E-state index >= 15 is 0 Å². The van der Waals surface area contributed by atoms with E-state index in [-0.39, 0.29) is 0 Å². The van der Waals surface area contributed by atoms with Gasteiger partial charge in [-0.25, -0.2) is 9.78 Å². The number of halogens is 1. The number of carbonyl (C=O) groups is 2. The zero-order chi connectivity index (χ0) is 35.8. The molecule has 5 aromatic rings. The number of hydrogen-bond donors (Lipinski definition) is 1. The highest BCUT2D eigenvalue weighted by molar-refractivity contribution is 7.22. The summed E-state index contributed by atoms with van der Waals surface area (Å²) >= 11 is 7.87. The topological polar surface area (TPSA) is 101 Å². The van der Waals surface area contributed by atoms with Crippen molar-refractivity contribution in [3.05, 3.63) is 70.4 Å². The number of likely N-dealkylation sites (tertiary alicyclic amines) is 2. The summed E-state index contributed by atoms with van der Waals surface area (Å²) in [7, 11) is 2.01. The number of benzene rings is 3. The number of ether oxygens (including phenoxy) is 1. The number of hydrogen-bond acceptors (Lipinski definition) is 7. The van der Waals surface area contributed by atoms with Crippen LogP contribution in [0, 0.1) is 12.8 Å². The van der Waals surface area contributed by atoms with Crippen molar-refractivity contribution < 1.29 is 19.4 Å². The number of thiazole rings is 1. The lowest BCUT2D eigenvalue weighted by Gasteiger charge is -2.47. The number of carboxylic acid groups (broad SMARTS) is 1. The van der Waals surface area contributed by atoms with Crippen LogP contribution in [0.2, 0.25) is 5.02 Å². The van der Waals surface area contributed by atoms with Crippen LogP contribution in [-0.4, -0.2) is 79.4 Å². The second kappa shape index (κ2) is 13.0. The highest BCUT2D eigenvalue weighted by Gasteiger charge is 2.42.